The zero-order chi connectivity index (χ0) is 12.5. The maximum absolute atomic E-state index is 3.65. The molecule has 0 saturated heterocycles. The lowest BCUT2D eigenvalue weighted by atomic mass is 9.85. The zero-order valence-corrected chi connectivity index (χ0v) is 12.3. The van der Waals surface area contributed by atoms with Gasteiger partial charge in [0.1, 0.15) is 0 Å². The lowest BCUT2D eigenvalue weighted by molar-refractivity contribution is 0.291. The van der Waals surface area contributed by atoms with Crippen LogP contribution in [0, 0.1) is 17.8 Å². The fourth-order valence-corrected chi connectivity index (χ4v) is 3.19. The van der Waals surface area contributed by atoms with Crippen LogP contribution in [-0.2, 0) is 0 Å². The highest BCUT2D eigenvalue weighted by atomic mass is 14.9. The Kier molecular flexibility index (Phi) is 7.92. The molecular weight excluding hydrogens is 206 g/mol. The predicted molar refractivity (Wildman–Crippen MR) is 77.3 cm³/mol. The van der Waals surface area contributed by atoms with Crippen molar-refractivity contribution in [1.82, 2.24) is 5.32 Å². The Morgan fingerprint density at radius 1 is 1.12 bits per heavy atom. The number of rotatable bonds is 9. The normalized spacial score (nSPS) is 19.1. The van der Waals surface area contributed by atoms with Gasteiger partial charge in [-0.05, 0) is 43.7 Å². The van der Waals surface area contributed by atoms with Crippen molar-refractivity contribution in [3.63, 3.8) is 0 Å². The van der Waals surface area contributed by atoms with Crippen LogP contribution in [-0.4, -0.2) is 13.1 Å². The molecule has 1 fully saturated rings. The zero-order valence-electron chi connectivity index (χ0n) is 12.3. The molecule has 1 N–H and O–H groups in total. The lowest BCUT2D eigenvalue weighted by Gasteiger charge is -2.24. The molecule has 0 aromatic heterocycles. The molecule has 0 radical (unpaired) electrons. The molecule has 1 atom stereocenters. The first-order chi connectivity index (χ1) is 8.24. The molecule has 1 nitrogen and oxygen atoms in total. The van der Waals surface area contributed by atoms with Crippen LogP contribution in [0.5, 0.6) is 0 Å². The second-order valence-corrected chi connectivity index (χ2v) is 6.33. The molecule has 1 unspecified atom stereocenters. The van der Waals surface area contributed by atoms with Gasteiger partial charge in [0, 0.05) is 0 Å². The van der Waals surface area contributed by atoms with Gasteiger partial charge in [-0.3, -0.25) is 0 Å². The van der Waals surface area contributed by atoms with Crippen LogP contribution in [0.15, 0.2) is 0 Å². The molecule has 0 aromatic carbocycles. The van der Waals surface area contributed by atoms with E-state index in [0.717, 1.165) is 17.8 Å². The fraction of sp³-hybridized carbons (Fsp3) is 1.00. The van der Waals surface area contributed by atoms with E-state index in [0.29, 0.717) is 0 Å². The van der Waals surface area contributed by atoms with Gasteiger partial charge in [-0.25, -0.2) is 0 Å². The molecule has 1 aliphatic carbocycles. The molecule has 1 aliphatic rings. The van der Waals surface area contributed by atoms with Crippen molar-refractivity contribution in [2.24, 2.45) is 17.8 Å². The van der Waals surface area contributed by atoms with Crippen LogP contribution in [0.4, 0.5) is 0 Å². The third-order valence-corrected chi connectivity index (χ3v) is 4.26. The van der Waals surface area contributed by atoms with Crippen LogP contribution in [0.3, 0.4) is 0 Å². The maximum Gasteiger partial charge on any atom is -0.00179 e. The van der Waals surface area contributed by atoms with Crippen molar-refractivity contribution >= 4 is 0 Å². The molecule has 0 spiro atoms. The third kappa shape index (κ3) is 6.45. The monoisotopic (exact) mass is 239 g/mol. The smallest absolute Gasteiger partial charge is 0.00179 e. The molecule has 102 valence electrons. The Morgan fingerprint density at radius 2 is 1.82 bits per heavy atom. The number of hydrogen-bond donors (Lipinski definition) is 1. The van der Waals surface area contributed by atoms with E-state index >= 15 is 0 Å². The van der Waals surface area contributed by atoms with Gasteiger partial charge in [0.25, 0.3) is 0 Å². The molecule has 1 rings (SSSR count). The third-order valence-electron chi connectivity index (χ3n) is 4.26. The maximum atomic E-state index is 3.65. The predicted octanol–water partition coefficient (Wildman–Crippen LogP) is 4.62. The van der Waals surface area contributed by atoms with Crippen molar-refractivity contribution < 1.29 is 0 Å². The molecular formula is C16H33N. The molecule has 17 heavy (non-hydrogen) atoms. The average molecular weight is 239 g/mol. The van der Waals surface area contributed by atoms with Gasteiger partial charge in [-0.1, -0.05) is 59.3 Å². The summed E-state index contributed by atoms with van der Waals surface area (Å²) in [5, 5.41) is 3.65. The quantitative estimate of drug-likeness (QED) is 0.579. The van der Waals surface area contributed by atoms with E-state index in [1.807, 2.05) is 0 Å². The van der Waals surface area contributed by atoms with Crippen LogP contribution >= 0.6 is 0 Å². The van der Waals surface area contributed by atoms with Crippen LogP contribution in [0.1, 0.15) is 72.1 Å². The molecule has 0 aliphatic heterocycles. The highest BCUT2D eigenvalue weighted by Crippen LogP contribution is 2.33. The minimum absolute atomic E-state index is 0.878. The summed E-state index contributed by atoms with van der Waals surface area (Å²) in [5.74, 6) is 2.87. The van der Waals surface area contributed by atoms with Gasteiger partial charge in [-0.15, -0.1) is 0 Å². The summed E-state index contributed by atoms with van der Waals surface area (Å²) in [7, 11) is 0. The van der Waals surface area contributed by atoms with E-state index in [4.69, 9.17) is 0 Å². The van der Waals surface area contributed by atoms with Crippen LogP contribution in [0.2, 0.25) is 0 Å². The summed E-state index contributed by atoms with van der Waals surface area (Å²) in [6.07, 6.45) is 11.5. The van der Waals surface area contributed by atoms with Crippen molar-refractivity contribution in [3.8, 4) is 0 Å². The fourth-order valence-electron chi connectivity index (χ4n) is 3.19. The minimum atomic E-state index is 0.878. The first-order valence-electron chi connectivity index (χ1n) is 7.94. The minimum Gasteiger partial charge on any atom is -0.316 e. The molecule has 0 heterocycles. The SMILES string of the molecule is CCCNCC(CCCC(C)C)C1CCCC1. The largest absolute Gasteiger partial charge is 0.316 e. The lowest BCUT2D eigenvalue weighted by Crippen LogP contribution is -2.28. The first-order valence-corrected chi connectivity index (χ1v) is 7.94. The van der Waals surface area contributed by atoms with Gasteiger partial charge in [0.2, 0.25) is 0 Å². The average Bonchev–Trinajstić information content (AvgIpc) is 2.80. The molecule has 1 heteroatoms. The Bertz CT molecular complexity index is 170. The summed E-state index contributed by atoms with van der Waals surface area (Å²) in [6.45, 7) is 9.43. The van der Waals surface area contributed by atoms with E-state index in [9.17, 15) is 0 Å². The molecule has 1 saturated carbocycles. The number of nitrogens with one attached hydrogen (secondary N) is 1. The summed E-state index contributed by atoms with van der Waals surface area (Å²) in [5.41, 5.74) is 0. The van der Waals surface area contributed by atoms with E-state index in [2.05, 4.69) is 26.1 Å². The van der Waals surface area contributed by atoms with E-state index in [1.165, 1.54) is 64.5 Å². The van der Waals surface area contributed by atoms with Gasteiger partial charge in [-0.2, -0.15) is 0 Å². The second-order valence-electron chi connectivity index (χ2n) is 6.33. The summed E-state index contributed by atoms with van der Waals surface area (Å²) < 4.78 is 0. The van der Waals surface area contributed by atoms with E-state index < -0.39 is 0 Å². The highest BCUT2D eigenvalue weighted by molar-refractivity contribution is 4.77. The molecule has 0 aromatic rings. The Morgan fingerprint density at radius 3 is 2.41 bits per heavy atom. The van der Waals surface area contributed by atoms with Gasteiger partial charge in [0.05, 0.1) is 0 Å². The summed E-state index contributed by atoms with van der Waals surface area (Å²) in [6, 6.07) is 0. The van der Waals surface area contributed by atoms with E-state index in [-0.39, 0.29) is 0 Å². The first kappa shape index (κ1) is 15.0. The standard InChI is InChI=1S/C16H33N/c1-4-12-17-13-16(11-7-8-14(2)3)15-9-5-6-10-15/h14-17H,4-13H2,1-3H3. The van der Waals surface area contributed by atoms with Crippen molar-refractivity contribution in [2.75, 3.05) is 13.1 Å². The van der Waals surface area contributed by atoms with Crippen LogP contribution < -0.4 is 5.32 Å². The van der Waals surface area contributed by atoms with Crippen LogP contribution in [0.25, 0.3) is 0 Å². The van der Waals surface area contributed by atoms with Crippen molar-refractivity contribution in [3.05, 3.63) is 0 Å². The summed E-state index contributed by atoms with van der Waals surface area (Å²) >= 11 is 0. The Hall–Kier alpha value is -0.0400. The van der Waals surface area contributed by atoms with Gasteiger partial charge >= 0.3 is 0 Å². The topological polar surface area (TPSA) is 12.0 Å². The molecule has 0 amide bonds. The summed E-state index contributed by atoms with van der Waals surface area (Å²) in [4.78, 5) is 0. The highest BCUT2D eigenvalue weighted by Gasteiger charge is 2.24. The number of hydrogen-bond acceptors (Lipinski definition) is 1. The van der Waals surface area contributed by atoms with E-state index in [1.54, 1.807) is 0 Å². The Labute approximate surface area is 109 Å². The molecule has 0 bridgehead atoms. The second kappa shape index (κ2) is 8.97. The van der Waals surface area contributed by atoms with Crippen molar-refractivity contribution in [1.29, 1.82) is 0 Å². The van der Waals surface area contributed by atoms with Gasteiger partial charge < -0.3 is 5.32 Å². The van der Waals surface area contributed by atoms with Gasteiger partial charge in [0.15, 0.2) is 0 Å². The van der Waals surface area contributed by atoms with Crippen molar-refractivity contribution in [2.45, 2.75) is 72.1 Å². The Balaban J connectivity index is 2.24.